The lowest BCUT2D eigenvalue weighted by Crippen LogP contribution is -2.51. The summed E-state index contributed by atoms with van der Waals surface area (Å²) in [6.07, 6.45) is -2.86. The Bertz CT molecular complexity index is 1540. The average molecular weight is 608 g/mol. The van der Waals surface area contributed by atoms with E-state index in [0.29, 0.717) is 37.4 Å². The molecule has 2 amide bonds. The Morgan fingerprint density at radius 3 is 2.09 bits per heavy atom. The number of carbonyl (C=O) groups is 2. The van der Waals surface area contributed by atoms with Gasteiger partial charge in [0.05, 0.1) is 29.0 Å². The zero-order chi connectivity index (χ0) is 31.7. The van der Waals surface area contributed by atoms with Crippen LogP contribution in [0.25, 0.3) is 10.9 Å². The van der Waals surface area contributed by atoms with Crippen molar-refractivity contribution in [1.29, 1.82) is 0 Å². The van der Waals surface area contributed by atoms with Crippen LogP contribution in [0.4, 0.5) is 24.5 Å². The fraction of sp³-hybridized carbons (Fsp3) is 0.281. The molecule has 0 saturated heterocycles. The molecule has 0 saturated carbocycles. The summed E-state index contributed by atoms with van der Waals surface area (Å²) in [6.45, 7) is 2.25. The van der Waals surface area contributed by atoms with Crippen molar-refractivity contribution in [3.05, 3.63) is 102 Å². The van der Waals surface area contributed by atoms with Gasteiger partial charge in [0.25, 0.3) is 0 Å². The molecule has 0 aliphatic rings. The van der Waals surface area contributed by atoms with E-state index in [-0.39, 0.29) is 12.8 Å². The SMILES string of the molecule is NCCN(CCN)c1ccc(CC(N)C(=O)NC(Cc2ccc(C(F)(F)F)cc2)C(=O)Nc2cnc3ccccc3c2)cc1. The summed E-state index contributed by atoms with van der Waals surface area (Å²) in [5.41, 5.74) is 20.2. The van der Waals surface area contributed by atoms with Gasteiger partial charge in [-0.25, -0.2) is 0 Å². The molecule has 1 heterocycles. The topological polar surface area (TPSA) is 152 Å². The molecule has 2 unspecified atom stereocenters. The third-order valence-electron chi connectivity index (χ3n) is 7.10. The van der Waals surface area contributed by atoms with Gasteiger partial charge in [-0.15, -0.1) is 0 Å². The minimum atomic E-state index is -4.50. The number of rotatable bonds is 13. The molecule has 4 aromatic rings. The van der Waals surface area contributed by atoms with Crippen molar-refractivity contribution < 1.29 is 22.8 Å². The second-order valence-electron chi connectivity index (χ2n) is 10.4. The van der Waals surface area contributed by atoms with Crippen LogP contribution in [0.5, 0.6) is 0 Å². The van der Waals surface area contributed by atoms with Gasteiger partial charge >= 0.3 is 6.18 Å². The molecule has 12 heteroatoms. The second-order valence-corrected chi connectivity index (χ2v) is 10.4. The Morgan fingerprint density at radius 2 is 1.45 bits per heavy atom. The summed E-state index contributed by atoms with van der Waals surface area (Å²) in [7, 11) is 0. The van der Waals surface area contributed by atoms with E-state index in [2.05, 4.69) is 20.5 Å². The summed E-state index contributed by atoms with van der Waals surface area (Å²) in [5.74, 6) is -1.14. The lowest BCUT2D eigenvalue weighted by molar-refractivity contribution is -0.137. The maximum atomic E-state index is 13.4. The smallest absolute Gasteiger partial charge is 0.369 e. The van der Waals surface area contributed by atoms with Gasteiger partial charge in [0, 0.05) is 43.7 Å². The summed E-state index contributed by atoms with van der Waals surface area (Å²) in [6, 6.07) is 19.0. The lowest BCUT2D eigenvalue weighted by atomic mass is 10.0. The zero-order valence-electron chi connectivity index (χ0n) is 24.1. The van der Waals surface area contributed by atoms with Crippen LogP contribution in [0, 0.1) is 0 Å². The van der Waals surface area contributed by atoms with Gasteiger partial charge in [0.15, 0.2) is 0 Å². The number of fused-ring (bicyclic) bond motifs is 1. The van der Waals surface area contributed by atoms with E-state index in [1.807, 2.05) is 48.5 Å². The highest BCUT2D eigenvalue weighted by atomic mass is 19.4. The molecule has 8 N–H and O–H groups in total. The first-order valence-electron chi connectivity index (χ1n) is 14.2. The summed E-state index contributed by atoms with van der Waals surface area (Å²) in [4.78, 5) is 33.0. The number of nitrogens with two attached hydrogens (primary N) is 3. The van der Waals surface area contributed by atoms with Crippen molar-refractivity contribution >= 4 is 34.1 Å². The number of benzene rings is 3. The van der Waals surface area contributed by atoms with E-state index in [9.17, 15) is 22.8 Å². The van der Waals surface area contributed by atoms with E-state index in [1.54, 1.807) is 6.07 Å². The van der Waals surface area contributed by atoms with E-state index in [4.69, 9.17) is 17.2 Å². The van der Waals surface area contributed by atoms with Crippen LogP contribution < -0.4 is 32.7 Å². The van der Waals surface area contributed by atoms with Gasteiger partial charge < -0.3 is 32.7 Å². The standard InChI is InChI=1S/C32H36F3N7O2/c33-32(34,35)24-9-5-22(6-10-24)18-29(31(44)40-25-19-23-3-1-2-4-28(23)39-20-25)41-30(43)27(38)17-21-7-11-26(12-8-21)42(15-13-36)16-14-37/h1-12,19-20,27,29H,13-18,36-38H2,(H,40,44)(H,41,43). The number of nitrogens with zero attached hydrogens (tertiary/aromatic N) is 2. The van der Waals surface area contributed by atoms with Crippen LogP contribution in [0.3, 0.4) is 0 Å². The summed E-state index contributed by atoms with van der Waals surface area (Å²) in [5, 5.41) is 6.26. The van der Waals surface area contributed by atoms with Crippen molar-refractivity contribution in [3.63, 3.8) is 0 Å². The Balaban J connectivity index is 1.48. The molecule has 0 spiro atoms. The van der Waals surface area contributed by atoms with Crippen LogP contribution >= 0.6 is 0 Å². The van der Waals surface area contributed by atoms with Crippen LogP contribution in [0.1, 0.15) is 16.7 Å². The first kappa shape index (κ1) is 32.4. The largest absolute Gasteiger partial charge is 0.416 e. The molecule has 4 rings (SSSR count). The fourth-order valence-electron chi connectivity index (χ4n) is 4.79. The predicted octanol–water partition coefficient (Wildman–Crippen LogP) is 3.21. The maximum absolute atomic E-state index is 13.4. The van der Waals surface area contributed by atoms with Crippen molar-refractivity contribution in [2.75, 3.05) is 36.4 Å². The molecule has 2 atom stereocenters. The second kappa shape index (κ2) is 14.8. The van der Waals surface area contributed by atoms with Gasteiger partial charge in [0.1, 0.15) is 6.04 Å². The number of amides is 2. The third kappa shape index (κ3) is 8.75. The average Bonchev–Trinajstić information content (AvgIpc) is 3.00. The fourth-order valence-corrected chi connectivity index (χ4v) is 4.79. The van der Waals surface area contributed by atoms with Gasteiger partial charge in [0.2, 0.25) is 11.8 Å². The molecule has 3 aromatic carbocycles. The number of nitrogens with one attached hydrogen (secondary N) is 2. The molecule has 0 fully saturated rings. The Kier molecular flexibility index (Phi) is 10.9. The molecule has 44 heavy (non-hydrogen) atoms. The molecule has 9 nitrogen and oxygen atoms in total. The number of alkyl halides is 3. The summed E-state index contributed by atoms with van der Waals surface area (Å²) >= 11 is 0. The molecular formula is C32H36F3N7O2. The van der Waals surface area contributed by atoms with Gasteiger partial charge in [-0.2, -0.15) is 13.2 Å². The van der Waals surface area contributed by atoms with Crippen molar-refractivity contribution in [2.24, 2.45) is 17.2 Å². The monoisotopic (exact) mass is 607 g/mol. The van der Waals surface area contributed by atoms with Crippen molar-refractivity contribution in [1.82, 2.24) is 10.3 Å². The molecule has 1 aromatic heterocycles. The highest BCUT2D eigenvalue weighted by Crippen LogP contribution is 2.29. The highest BCUT2D eigenvalue weighted by molar-refractivity contribution is 5.99. The van der Waals surface area contributed by atoms with Crippen LogP contribution in [0.2, 0.25) is 0 Å². The Labute approximate surface area is 253 Å². The normalized spacial score (nSPS) is 12.9. The van der Waals surface area contributed by atoms with Gasteiger partial charge in [-0.1, -0.05) is 42.5 Å². The highest BCUT2D eigenvalue weighted by Gasteiger charge is 2.30. The first-order chi connectivity index (χ1) is 21.1. The van der Waals surface area contributed by atoms with Gasteiger partial charge in [-0.05, 0) is 53.9 Å². The number of hydrogen-bond acceptors (Lipinski definition) is 7. The van der Waals surface area contributed by atoms with Crippen LogP contribution in [-0.2, 0) is 28.6 Å². The zero-order valence-corrected chi connectivity index (χ0v) is 24.1. The number of aromatic nitrogens is 1. The molecule has 0 aliphatic carbocycles. The number of pyridine rings is 1. The van der Waals surface area contributed by atoms with E-state index < -0.39 is 35.6 Å². The molecule has 232 valence electrons. The van der Waals surface area contributed by atoms with E-state index in [0.717, 1.165) is 34.3 Å². The van der Waals surface area contributed by atoms with Gasteiger partial charge in [-0.3, -0.25) is 14.6 Å². The third-order valence-corrected chi connectivity index (χ3v) is 7.10. The van der Waals surface area contributed by atoms with Crippen molar-refractivity contribution in [2.45, 2.75) is 31.1 Å². The Hall–Kier alpha value is -4.52. The number of carbonyl (C=O) groups excluding carboxylic acids is 2. The quantitative estimate of drug-likeness (QED) is 0.157. The predicted molar refractivity (Wildman–Crippen MR) is 166 cm³/mol. The van der Waals surface area contributed by atoms with Crippen molar-refractivity contribution in [3.8, 4) is 0 Å². The number of hydrogen-bond donors (Lipinski definition) is 5. The first-order valence-corrected chi connectivity index (χ1v) is 14.2. The molecule has 0 radical (unpaired) electrons. The lowest BCUT2D eigenvalue weighted by Gasteiger charge is -2.24. The molecule has 0 aliphatic heterocycles. The summed E-state index contributed by atoms with van der Waals surface area (Å²) < 4.78 is 39.2. The number of halogens is 3. The minimum absolute atomic E-state index is 0.0593. The number of para-hydroxylation sites is 1. The van der Waals surface area contributed by atoms with E-state index >= 15 is 0 Å². The van der Waals surface area contributed by atoms with E-state index in [1.165, 1.54) is 18.3 Å². The minimum Gasteiger partial charge on any atom is -0.369 e. The van der Waals surface area contributed by atoms with Crippen LogP contribution in [0.15, 0.2) is 85.1 Å². The Morgan fingerprint density at radius 1 is 0.841 bits per heavy atom. The van der Waals surface area contributed by atoms with Crippen LogP contribution in [-0.4, -0.2) is 55.1 Å². The molecular weight excluding hydrogens is 571 g/mol. The number of anilines is 2. The maximum Gasteiger partial charge on any atom is 0.416 e. The molecule has 0 bridgehead atoms.